The molecule has 1 heterocycles. The molecule has 0 aliphatic rings. The Morgan fingerprint density at radius 2 is 2.04 bits per heavy atom. The van der Waals surface area contributed by atoms with E-state index in [1.807, 2.05) is 50.2 Å². The number of amides is 1. The van der Waals surface area contributed by atoms with Crippen LogP contribution in [-0.4, -0.2) is 13.0 Å². The molecule has 1 N–H and O–H groups in total. The molecule has 0 aliphatic carbocycles. The molecule has 0 saturated carbocycles. The van der Waals surface area contributed by atoms with Crippen LogP contribution in [0.1, 0.15) is 36.1 Å². The first-order valence-corrected chi connectivity index (χ1v) is 9.83. The molecule has 0 radical (unpaired) electrons. The second-order valence-electron chi connectivity index (χ2n) is 6.70. The highest BCUT2D eigenvalue weighted by Gasteiger charge is 2.15. The molecule has 0 saturated heterocycles. The van der Waals surface area contributed by atoms with Gasteiger partial charge in [0.25, 0.3) is 0 Å². The normalized spacial score (nSPS) is 12.0. The highest BCUT2D eigenvalue weighted by Crippen LogP contribution is 2.24. The van der Waals surface area contributed by atoms with Crippen LogP contribution in [0.4, 0.5) is 0 Å². The summed E-state index contributed by atoms with van der Waals surface area (Å²) < 4.78 is 11.6. The number of hydrogen-bond donors (Lipinski definition) is 1. The van der Waals surface area contributed by atoms with Crippen molar-refractivity contribution in [2.24, 2.45) is 0 Å². The number of carbonyl (C=O) groups is 1. The van der Waals surface area contributed by atoms with Gasteiger partial charge in [-0.05, 0) is 55.7 Å². The van der Waals surface area contributed by atoms with Gasteiger partial charge < -0.3 is 14.5 Å². The van der Waals surface area contributed by atoms with E-state index in [0.29, 0.717) is 23.3 Å². The molecule has 0 spiro atoms. The smallest absolute Gasteiger partial charge is 0.339 e. The molecular formula is C22H22BrNO4. The third kappa shape index (κ3) is 4.44. The lowest BCUT2D eigenvalue weighted by Gasteiger charge is -2.15. The summed E-state index contributed by atoms with van der Waals surface area (Å²) in [6, 6.07) is 13.1. The van der Waals surface area contributed by atoms with E-state index in [4.69, 9.17) is 9.15 Å². The molecule has 1 unspecified atom stereocenters. The van der Waals surface area contributed by atoms with Gasteiger partial charge in [0.05, 0.1) is 13.2 Å². The van der Waals surface area contributed by atoms with Gasteiger partial charge in [0.2, 0.25) is 5.91 Å². The average molecular weight is 444 g/mol. The Morgan fingerprint density at radius 1 is 1.25 bits per heavy atom. The number of fused-ring (bicyclic) bond motifs is 1. The number of benzene rings is 2. The molecule has 28 heavy (non-hydrogen) atoms. The number of hydrogen-bond acceptors (Lipinski definition) is 4. The van der Waals surface area contributed by atoms with Gasteiger partial charge in [-0.3, -0.25) is 4.79 Å². The molecule has 0 aliphatic heterocycles. The molecule has 2 aromatic carbocycles. The number of carbonyl (C=O) groups excluding carboxylic acids is 1. The maximum atomic E-state index is 12.4. The van der Waals surface area contributed by atoms with Crippen molar-refractivity contribution in [2.45, 2.75) is 32.7 Å². The Bertz CT molecular complexity index is 1070. The van der Waals surface area contributed by atoms with E-state index in [1.54, 1.807) is 13.2 Å². The molecule has 146 valence electrons. The van der Waals surface area contributed by atoms with Crippen LogP contribution in [0, 0.1) is 6.92 Å². The summed E-state index contributed by atoms with van der Waals surface area (Å²) >= 11 is 3.44. The lowest BCUT2D eigenvalue weighted by molar-refractivity contribution is -0.121. The van der Waals surface area contributed by atoms with Crippen LogP contribution in [-0.2, 0) is 11.2 Å². The molecule has 5 nitrogen and oxygen atoms in total. The minimum Gasteiger partial charge on any atom is -0.497 e. The Balaban J connectivity index is 1.72. The van der Waals surface area contributed by atoms with E-state index in [-0.39, 0.29) is 18.4 Å². The van der Waals surface area contributed by atoms with Crippen LogP contribution >= 0.6 is 15.9 Å². The summed E-state index contributed by atoms with van der Waals surface area (Å²) in [5.74, 6) is 0.518. The summed E-state index contributed by atoms with van der Waals surface area (Å²) in [5, 5.41) is 3.82. The molecule has 1 amide bonds. The Morgan fingerprint density at radius 3 is 2.75 bits per heavy atom. The zero-order chi connectivity index (χ0) is 20.3. The maximum Gasteiger partial charge on any atom is 0.339 e. The van der Waals surface area contributed by atoms with E-state index in [9.17, 15) is 9.59 Å². The number of methoxy groups -OCH3 is 1. The van der Waals surface area contributed by atoms with Crippen molar-refractivity contribution in [1.29, 1.82) is 0 Å². The van der Waals surface area contributed by atoms with Gasteiger partial charge in [-0.15, -0.1) is 0 Å². The molecule has 6 heteroatoms. The van der Waals surface area contributed by atoms with Gasteiger partial charge >= 0.3 is 5.63 Å². The predicted octanol–water partition coefficient (Wildman–Crippen LogP) is 4.68. The minimum absolute atomic E-state index is 0.110. The van der Waals surface area contributed by atoms with Crippen molar-refractivity contribution < 1.29 is 13.9 Å². The minimum atomic E-state index is -0.411. The van der Waals surface area contributed by atoms with Gasteiger partial charge in [-0.1, -0.05) is 28.1 Å². The fourth-order valence-electron chi connectivity index (χ4n) is 3.20. The van der Waals surface area contributed by atoms with Crippen molar-refractivity contribution in [2.75, 3.05) is 7.11 Å². The van der Waals surface area contributed by atoms with Gasteiger partial charge in [-0.25, -0.2) is 4.79 Å². The second kappa shape index (κ2) is 8.61. The molecule has 1 aromatic heterocycles. The standard InChI is InChI=1S/C22H22BrNO4/c1-13-18-8-7-17(27-3)12-20(18)28-22(26)19(13)9-10-21(25)24-14(2)15-5-4-6-16(23)11-15/h4-8,11-12,14H,9-10H2,1-3H3,(H,24,25). The molecular weight excluding hydrogens is 422 g/mol. The first-order valence-electron chi connectivity index (χ1n) is 9.04. The van der Waals surface area contributed by atoms with Crippen LogP contribution in [0.15, 0.2) is 56.1 Å². The van der Waals surface area contributed by atoms with E-state index in [0.717, 1.165) is 21.0 Å². The second-order valence-corrected chi connectivity index (χ2v) is 7.62. The van der Waals surface area contributed by atoms with Crippen LogP contribution < -0.4 is 15.7 Å². The Kier molecular flexibility index (Phi) is 6.19. The van der Waals surface area contributed by atoms with Crippen molar-refractivity contribution in [3.05, 3.63) is 74.0 Å². The van der Waals surface area contributed by atoms with Crippen LogP contribution in [0.5, 0.6) is 5.75 Å². The summed E-state index contributed by atoms with van der Waals surface area (Å²) in [5.41, 5.74) is 2.45. The number of aryl methyl sites for hydroxylation is 1. The lowest BCUT2D eigenvalue weighted by Crippen LogP contribution is -2.27. The number of rotatable bonds is 6. The number of nitrogens with one attached hydrogen (secondary N) is 1. The maximum absolute atomic E-state index is 12.4. The van der Waals surface area contributed by atoms with Gasteiger partial charge in [0.15, 0.2) is 0 Å². The average Bonchev–Trinajstić information content (AvgIpc) is 2.67. The lowest BCUT2D eigenvalue weighted by atomic mass is 10.0. The van der Waals surface area contributed by atoms with Crippen LogP contribution in [0.3, 0.4) is 0 Å². The monoisotopic (exact) mass is 443 g/mol. The Labute approximate surface area is 171 Å². The van der Waals surface area contributed by atoms with E-state index in [1.165, 1.54) is 0 Å². The molecule has 1 atom stereocenters. The summed E-state index contributed by atoms with van der Waals surface area (Å²) in [6.07, 6.45) is 0.540. The summed E-state index contributed by atoms with van der Waals surface area (Å²) in [4.78, 5) is 24.8. The molecule has 0 fully saturated rings. The van der Waals surface area contributed by atoms with Crippen molar-refractivity contribution >= 4 is 32.8 Å². The van der Waals surface area contributed by atoms with E-state index >= 15 is 0 Å². The highest BCUT2D eigenvalue weighted by molar-refractivity contribution is 9.10. The van der Waals surface area contributed by atoms with Crippen LogP contribution in [0.25, 0.3) is 11.0 Å². The largest absolute Gasteiger partial charge is 0.497 e. The SMILES string of the molecule is COc1ccc2c(C)c(CCC(=O)NC(C)c3cccc(Br)c3)c(=O)oc2c1. The third-order valence-corrected chi connectivity index (χ3v) is 5.32. The van der Waals surface area contributed by atoms with Crippen molar-refractivity contribution in [3.63, 3.8) is 0 Å². The predicted molar refractivity (Wildman–Crippen MR) is 113 cm³/mol. The quantitative estimate of drug-likeness (QED) is 0.561. The number of halogens is 1. The van der Waals surface area contributed by atoms with Gasteiger partial charge in [-0.2, -0.15) is 0 Å². The van der Waals surface area contributed by atoms with Crippen molar-refractivity contribution in [3.8, 4) is 5.75 Å². The summed E-state index contributed by atoms with van der Waals surface area (Å²) in [7, 11) is 1.56. The van der Waals surface area contributed by atoms with Crippen LogP contribution in [0.2, 0.25) is 0 Å². The molecule has 0 bridgehead atoms. The molecule has 3 aromatic rings. The highest BCUT2D eigenvalue weighted by atomic mass is 79.9. The zero-order valence-corrected chi connectivity index (χ0v) is 17.6. The molecule has 3 rings (SSSR count). The fourth-order valence-corrected chi connectivity index (χ4v) is 3.62. The first kappa shape index (κ1) is 20.1. The van der Waals surface area contributed by atoms with E-state index < -0.39 is 5.63 Å². The van der Waals surface area contributed by atoms with Gasteiger partial charge in [0.1, 0.15) is 11.3 Å². The first-order chi connectivity index (χ1) is 13.4. The zero-order valence-electron chi connectivity index (χ0n) is 16.0. The third-order valence-electron chi connectivity index (χ3n) is 4.82. The Hall–Kier alpha value is -2.60. The van der Waals surface area contributed by atoms with Gasteiger partial charge in [0, 0.05) is 27.9 Å². The van der Waals surface area contributed by atoms with Crippen molar-refractivity contribution in [1.82, 2.24) is 5.32 Å². The summed E-state index contributed by atoms with van der Waals surface area (Å²) in [6.45, 7) is 3.81. The fraction of sp³-hybridized carbons (Fsp3) is 0.273. The topological polar surface area (TPSA) is 68.5 Å². The van der Waals surface area contributed by atoms with E-state index in [2.05, 4.69) is 21.2 Å². The number of ether oxygens (including phenoxy) is 1.